The lowest BCUT2D eigenvalue weighted by Gasteiger charge is -2.35. The van der Waals surface area contributed by atoms with Crippen molar-refractivity contribution < 1.29 is 14.3 Å². The minimum atomic E-state index is -0.504. The van der Waals surface area contributed by atoms with Crippen molar-refractivity contribution in [3.63, 3.8) is 0 Å². The summed E-state index contributed by atoms with van der Waals surface area (Å²) in [6.45, 7) is 9.74. The van der Waals surface area contributed by atoms with Gasteiger partial charge < -0.3 is 14.4 Å². The van der Waals surface area contributed by atoms with Crippen molar-refractivity contribution in [2.24, 2.45) is 5.92 Å². The van der Waals surface area contributed by atoms with Crippen LogP contribution >= 0.6 is 27.5 Å². The number of hydrogen-bond acceptors (Lipinski definition) is 7. The Balaban J connectivity index is 1.28. The molecule has 2 fully saturated rings. The zero-order valence-corrected chi connectivity index (χ0v) is 23.0. The molecule has 0 bridgehead atoms. The Hall–Kier alpha value is -2.43. The molecule has 3 heterocycles. The van der Waals surface area contributed by atoms with E-state index in [-0.39, 0.29) is 6.09 Å². The quantitative estimate of drug-likeness (QED) is 0.383. The van der Waals surface area contributed by atoms with Crippen LogP contribution in [0.3, 0.4) is 0 Å². The Labute approximate surface area is 223 Å². The largest absolute Gasteiger partial charge is 0.444 e. The molecule has 1 aliphatic heterocycles. The van der Waals surface area contributed by atoms with E-state index in [0.717, 1.165) is 27.6 Å². The number of carbonyl (C=O) groups is 1. The molecule has 3 aromatic rings. The second kappa shape index (κ2) is 10.1. The van der Waals surface area contributed by atoms with E-state index >= 15 is 0 Å². The van der Waals surface area contributed by atoms with Crippen molar-refractivity contribution in [2.45, 2.75) is 52.3 Å². The monoisotopic (exact) mass is 576 g/mol. The predicted molar refractivity (Wildman–Crippen MR) is 140 cm³/mol. The van der Waals surface area contributed by atoms with Crippen LogP contribution < -0.4 is 4.74 Å². The number of piperazine rings is 1. The second-order valence-electron chi connectivity index (χ2n) is 10.4. The lowest BCUT2D eigenvalue weighted by atomic mass is 10.2. The highest BCUT2D eigenvalue weighted by Crippen LogP contribution is 2.37. The number of fused-ring (bicyclic) bond motifs is 1. The van der Waals surface area contributed by atoms with E-state index in [2.05, 4.69) is 36.1 Å². The normalized spacial score (nSPS) is 17.0. The highest BCUT2D eigenvalue weighted by Gasteiger charge is 2.27. The maximum atomic E-state index is 12.4. The Morgan fingerprint density at radius 3 is 2.64 bits per heavy atom. The molecule has 192 valence electrons. The Morgan fingerprint density at radius 1 is 1.19 bits per heavy atom. The number of hydrogen-bond donors (Lipinski definition) is 0. The van der Waals surface area contributed by atoms with Gasteiger partial charge in [0.05, 0.1) is 15.0 Å². The standard InChI is InChI=1S/C25H30BrClN6O3/c1-25(2,3)36-24(34)32-10-8-31(9-11-32)15-17-12-18(27)13-28-23(17)35-20-7-6-19-22(21(20)26)29-30-33(19)14-16-4-5-16/h6-7,12-13,16H,4-5,8-11,14-15H2,1-3H3. The fraction of sp³-hybridized carbons (Fsp3) is 0.520. The first-order chi connectivity index (χ1) is 17.2. The molecule has 2 aromatic heterocycles. The summed E-state index contributed by atoms with van der Waals surface area (Å²) in [6.07, 6.45) is 3.82. The summed E-state index contributed by atoms with van der Waals surface area (Å²) in [5.74, 6) is 1.81. The molecule has 0 atom stereocenters. The van der Waals surface area contributed by atoms with E-state index in [1.165, 1.54) is 12.8 Å². The molecule has 0 spiro atoms. The summed E-state index contributed by atoms with van der Waals surface area (Å²) in [7, 11) is 0. The Morgan fingerprint density at radius 2 is 1.94 bits per heavy atom. The van der Waals surface area contributed by atoms with Crippen LogP contribution in [0, 0.1) is 5.92 Å². The molecule has 1 amide bonds. The molecule has 1 aliphatic carbocycles. The van der Waals surface area contributed by atoms with Gasteiger partial charge in [-0.1, -0.05) is 16.8 Å². The van der Waals surface area contributed by atoms with Crippen LogP contribution in [0.2, 0.25) is 5.02 Å². The minimum absolute atomic E-state index is 0.273. The number of benzene rings is 1. The fourth-order valence-electron chi connectivity index (χ4n) is 4.18. The maximum absolute atomic E-state index is 12.4. The van der Waals surface area contributed by atoms with Crippen molar-refractivity contribution in [1.29, 1.82) is 0 Å². The summed E-state index contributed by atoms with van der Waals surface area (Å²) >= 11 is 9.94. The Bertz CT molecular complexity index is 1260. The molecule has 5 rings (SSSR count). The molecule has 2 aliphatic rings. The first kappa shape index (κ1) is 25.2. The summed E-state index contributed by atoms with van der Waals surface area (Å²) in [5, 5.41) is 9.25. The smallest absolute Gasteiger partial charge is 0.410 e. The molecule has 1 aromatic carbocycles. The van der Waals surface area contributed by atoms with Gasteiger partial charge in [-0.25, -0.2) is 14.5 Å². The number of amides is 1. The lowest BCUT2D eigenvalue weighted by Crippen LogP contribution is -2.49. The number of halogens is 2. The van der Waals surface area contributed by atoms with Gasteiger partial charge in [-0.05, 0) is 73.7 Å². The first-order valence-corrected chi connectivity index (χ1v) is 13.4. The van der Waals surface area contributed by atoms with Gasteiger partial charge in [0.2, 0.25) is 5.88 Å². The molecule has 36 heavy (non-hydrogen) atoms. The van der Waals surface area contributed by atoms with Crippen molar-refractivity contribution in [2.75, 3.05) is 26.2 Å². The number of aromatic nitrogens is 4. The molecule has 0 radical (unpaired) electrons. The highest BCUT2D eigenvalue weighted by molar-refractivity contribution is 9.10. The third kappa shape index (κ3) is 5.92. The molecule has 11 heteroatoms. The molecular weight excluding hydrogens is 548 g/mol. The molecule has 0 N–H and O–H groups in total. The van der Waals surface area contributed by atoms with E-state index in [4.69, 9.17) is 21.1 Å². The summed E-state index contributed by atoms with van der Waals surface area (Å²) in [5.41, 5.74) is 2.11. The van der Waals surface area contributed by atoms with Gasteiger partial charge >= 0.3 is 6.09 Å². The zero-order chi connectivity index (χ0) is 25.4. The topological polar surface area (TPSA) is 85.6 Å². The van der Waals surface area contributed by atoms with Crippen LogP contribution in [0.1, 0.15) is 39.2 Å². The summed E-state index contributed by atoms with van der Waals surface area (Å²) < 4.78 is 14.5. The average Bonchev–Trinajstić information content (AvgIpc) is 3.54. The van der Waals surface area contributed by atoms with Gasteiger partial charge in [0.25, 0.3) is 0 Å². The number of pyridine rings is 1. The van der Waals surface area contributed by atoms with Gasteiger partial charge in [-0.3, -0.25) is 4.90 Å². The van der Waals surface area contributed by atoms with Crippen molar-refractivity contribution >= 4 is 44.7 Å². The molecule has 1 saturated carbocycles. The number of carbonyl (C=O) groups excluding carboxylic acids is 1. The molecule has 1 saturated heterocycles. The van der Waals surface area contributed by atoms with E-state index in [1.54, 1.807) is 11.1 Å². The van der Waals surface area contributed by atoms with Crippen molar-refractivity contribution in [3.8, 4) is 11.6 Å². The zero-order valence-electron chi connectivity index (χ0n) is 20.7. The van der Waals surface area contributed by atoms with Crippen LogP contribution in [0.5, 0.6) is 11.6 Å². The van der Waals surface area contributed by atoms with Crippen LogP contribution in [-0.4, -0.2) is 67.7 Å². The van der Waals surface area contributed by atoms with Crippen LogP contribution in [0.25, 0.3) is 11.0 Å². The molecule has 0 unspecified atom stereocenters. The molecular formula is C25H30BrClN6O3. The van der Waals surface area contributed by atoms with Gasteiger partial charge in [0.1, 0.15) is 16.9 Å². The van der Waals surface area contributed by atoms with E-state index in [9.17, 15) is 4.79 Å². The first-order valence-electron chi connectivity index (χ1n) is 12.2. The number of nitrogens with zero attached hydrogens (tertiary/aromatic N) is 6. The van der Waals surface area contributed by atoms with Gasteiger partial charge in [-0.2, -0.15) is 0 Å². The summed E-state index contributed by atoms with van der Waals surface area (Å²) in [6, 6.07) is 5.78. The predicted octanol–water partition coefficient (Wildman–Crippen LogP) is 5.50. The second-order valence-corrected chi connectivity index (χ2v) is 11.7. The highest BCUT2D eigenvalue weighted by atomic mass is 79.9. The maximum Gasteiger partial charge on any atom is 0.410 e. The lowest BCUT2D eigenvalue weighted by molar-refractivity contribution is 0.0138. The average molecular weight is 578 g/mol. The van der Waals surface area contributed by atoms with Gasteiger partial charge in [-0.15, -0.1) is 5.10 Å². The fourth-order valence-corrected chi connectivity index (χ4v) is 4.85. The van der Waals surface area contributed by atoms with Crippen LogP contribution in [-0.2, 0) is 17.8 Å². The van der Waals surface area contributed by atoms with Gasteiger partial charge in [0.15, 0.2) is 0 Å². The van der Waals surface area contributed by atoms with Crippen molar-refractivity contribution in [3.05, 3.63) is 39.5 Å². The third-order valence-corrected chi connectivity index (χ3v) is 7.21. The van der Waals surface area contributed by atoms with E-state index in [1.807, 2.05) is 43.7 Å². The van der Waals surface area contributed by atoms with Crippen LogP contribution in [0.4, 0.5) is 4.79 Å². The minimum Gasteiger partial charge on any atom is -0.444 e. The van der Waals surface area contributed by atoms with Crippen molar-refractivity contribution in [1.82, 2.24) is 29.8 Å². The van der Waals surface area contributed by atoms with Gasteiger partial charge in [0, 0.05) is 51.0 Å². The van der Waals surface area contributed by atoms with Crippen LogP contribution in [0.15, 0.2) is 28.9 Å². The SMILES string of the molecule is CC(C)(C)OC(=O)N1CCN(Cc2cc(Cl)cnc2Oc2ccc3c(nnn3CC3CC3)c2Br)CC1. The number of ether oxygens (including phenoxy) is 2. The van der Waals surface area contributed by atoms with E-state index in [0.29, 0.717) is 55.3 Å². The van der Waals surface area contributed by atoms with E-state index < -0.39 is 5.60 Å². The molecule has 9 nitrogen and oxygen atoms in total. The number of rotatable bonds is 6. The third-order valence-electron chi connectivity index (χ3n) is 6.23. The Kier molecular flexibility index (Phi) is 7.11. The summed E-state index contributed by atoms with van der Waals surface area (Å²) in [4.78, 5) is 20.9.